The number of hydrogen-bond donors (Lipinski definition) is 6. The van der Waals surface area contributed by atoms with Crippen molar-refractivity contribution in [3.8, 4) is 0 Å². The van der Waals surface area contributed by atoms with E-state index in [4.69, 9.17) is 20.6 Å². The first-order valence-corrected chi connectivity index (χ1v) is 21.0. The number of rotatable bonds is 17. The van der Waals surface area contributed by atoms with E-state index in [2.05, 4.69) is 34.1 Å². The van der Waals surface area contributed by atoms with Crippen LogP contribution < -0.4 is 16.8 Å². The van der Waals surface area contributed by atoms with Gasteiger partial charge in [-0.05, 0) is 60.2 Å². The van der Waals surface area contributed by atoms with Crippen molar-refractivity contribution in [2.24, 2.45) is 26.2 Å². The molecule has 0 heterocycles. The molecule has 28 heteroatoms. The number of anilines is 2. The maximum Gasteiger partial charge on any atom is 0.397 e. The summed E-state index contributed by atoms with van der Waals surface area (Å²) in [5.41, 5.74) is 10.9. The Morgan fingerprint density at radius 2 is 1.25 bits per heavy atom. The van der Waals surface area contributed by atoms with E-state index in [1.54, 1.807) is 0 Å². The SMILES string of the molecule is NC(=O)Nc1cc(CN=Nc2ccc(S(=O)(=O)CCOS(=O)(=O)O)cc2S(=O)(=O)O)cc(N)c1N=Nc1ccc(S(=O)(=O)CCOS(=O)(=O)O)cc1. The van der Waals surface area contributed by atoms with Gasteiger partial charge < -0.3 is 16.8 Å². The minimum atomic E-state index is -5.09. The van der Waals surface area contributed by atoms with E-state index in [-0.39, 0.29) is 39.8 Å². The molecular formula is C24H27N7O16S5. The van der Waals surface area contributed by atoms with Crippen LogP contribution in [0, 0.1) is 0 Å². The number of nitrogens with two attached hydrogens (primary N) is 2. The first-order chi connectivity index (χ1) is 23.9. The van der Waals surface area contributed by atoms with Crippen LogP contribution >= 0.6 is 0 Å². The van der Waals surface area contributed by atoms with Crippen LogP contribution in [-0.4, -0.2) is 86.5 Å². The molecule has 52 heavy (non-hydrogen) atoms. The number of nitrogen functional groups attached to an aromatic ring is 1. The maximum absolute atomic E-state index is 12.5. The van der Waals surface area contributed by atoms with E-state index >= 15 is 0 Å². The molecular weight excluding hydrogens is 803 g/mol. The molecule has 0 unspecified atom stereocenters. The highest BCUT2D eigenvalue weighted by Gasteiger charge is 2.23. The molecule has 284 valence electrons. The molecule has 3 aromatic carbocycles. The number of urea groups is 1. The molecule has 0 saturated carbocycles. The Bertz CT molecular complexity index is 2460. The predicted octanol–water partition coefficient (Wildman–Crippen LogP) is 1.89. The lowest BCUT2D eigenvalue weighted by molar-refractivity contribution is 0.259. The number of nitrogens with one attached hydrogen (secondary N) is 1. The second-order valence-electron chi connectivity index (χ2n) is 9.91. The predicted molar refractivity (Wildman–Crippen MR) is 178 cm³/mol. The van der Waals surface area contributed by atoms with Crippen LogP contribution in [0.2, 0.25) is 0 Å². The number of carbonyl (C=O) groups is 1. The fourth-order valence-corrected chi connectivity index (χ4v) is 7.60. The summed E-state index contributed by atoms with van der Waals surface area (Å²) in [5.74, 6) is -1.76. The molecule has 0 saturated heterocycles. The molecule has 0 bridgehead atoms. The zero-order valence-electron chi connectivity index (χ0n) is 25.9. The first kappa shape index (κ1) is 41.9. The molecule has 0 aromatic heterocycles. The van der Waals surface area contributed by atoms with E-state index in [1.165, 1.54) is 24.3 Å². The van der Waals surface area contributed by atoms with Gasteiger partial charge in [-0.2, -0.15) is 40.6 Å². The number of carbonyl (C=O) groups excluding carboxylic acids is 1. The van der Waals surface area contributed by atoms with Crippen LogP contribution in [0.3, 0.4) is 0 Å². The van der Waals surface area contributed by atoms with Gasteiger partial charge in [0.15, 0.2) is 19.7 Å². The van der Waals surface area contributed by atoms with Crippen LogP contribution in [0.1, 0.15) is 5.56 Å². The van der Waals surface area contributed by atoms with E-state index in [9.17, 15) is 51.4 Å². The molecule has 0 fully saturated rings. The summed E-state index contributed by atoms with van der Waals surface area (Å²) in [5, 5.41) is 17.8. The van der Waals surface area contributed by atoms with E-state index in [0.717, 1.165) is 24.3 Å². The van der Waals surface area contributed by atoms with Crippen LogP contribution in [0.25, 0.3) is 0 Å². The normalized spacial score (nSPS) is 13.1. The van der Waals surface area contributed by atoms with Crippen molar-refractivity contribution in [3.05, 3.63) is 60.2 Å². The number of sulfone groups is 2. The van der Waals surface area contributed by atoms with Crippen LogP contribution in [-0.2, 0) is 65.5 Å². The van der Waals surface area contributed by atoms with Gasteiger partial charge in [-0.25, -0.2) is 30.0 Å². The highest BCUT2D eigenvalue weighted by Crippen LogP contribution is 2.35. The van der Waals surface area contributed by atoms with Gasteiger partial charge in [0.05, 0.1) is 58.1 Å². The minimum Gasteiger partial charge on any atom is -0.397 e. The highest BCUT2D eigenvalue weighted by molar-refractivity contribution is 7.92. The Kier molecular flexibility index (Phi) is 13.2. The van der Waals surface area contributed by atoms with Crippen LogP contribution in [0.5, 0.6) is 0 Å². The van der Waals surface area contributed by atoms with Crippen molar-refractivity contribution in [1.29, 1.82) is 0 Å². The maximum atomic E-state index is 12.5. The third-order valence-corrected chi connectivity index (χ3v) is 11.3. The standard InChI is InChI=1S/C24H27N7O16S5/c25-19-11-15(14-27-30-20-6-5-18(13-22(20)50(37,38)39)49(35,36)10-8-47-52(43,44)45)12-21(28-24(26)32)23(19)31-29-16-1-3-17(4-2-16)48(33,34)9-7-46-51(40,41)42/h1-6,11-13H,7-10,14,25H2,(H3,26,28,32)(H,37,38,39)(H,40,41,42)(H,43,44,45). The zero-order valence-corrected chi connectivity index (χ0v) is 29.9. The Labute approximate surface area is 296 Å². The summed E-state index contributed by atoms with van der Waals surface area (Å²) in [4.78, 5) is 9.82. The Morgan fingerprint density at radius 1 is 0.712 bits per heavy atom. The second kappa shape index (κ2) is 16.4. The average Bonchev–Trinajstić information content (AvgIpc) is 2.98. The lowest BCUT2D eigenvalue weighted by Crippen LogP contribution is -2.19. The van der Waals surface area contributed by atoms with Gasteiger partial charge in [-0.1, -0.05) is 0 Å². The third-order valence-electron chi connectivity index (χ3n) is 6.09. The summed E-state index contributed by atoms with van der Waals surface area (Å²) in [6.45, 7) is -2.18. The van der Waals surface area contributed by atoms with Crippen molar-refractivity contribution < 1.29 is 68.9 Å². The lowest BCUT2D eigenvalue weighted by atomic mass is 10.1. The molecule has 0 spiro atoms. The number of benzene rings is 3. The van der Waals surface area contributed by atoms with Crippen LogP contribution in [0.4, 0.5) is 33.2 Å². The molecule has 0 aliphatic rings. The molecule has 2 amide bonds. The number of hydrogen-bond acceptors (Lipinski definition) is 18. The Morgan fingerprint density at radius 3 is 1.77 bits per heavy atom. The quantitative estimate of drug-likeness (QED) is 0.0642. The summed E-state index contributed by atoms with van der Waals surface area (Å²) >= 11 is 0. The van der Waals surface area contributed by atoms with E-state index < -0.39 is 96.8 Å². The average molecular weight is 830 g/mol. The number of nitrogens with zero attached hydrogens (tertiary/aromatic N) is 4. The van der Waals surface area contributed by atoms with Gasteiger partial charge in [0.1, 0.15) is 16.3 Å². The van der Waals surface area contributed by atoms with Crippen molar-refractivity contribution in [2.45, 2.75) is 21.2 Å². The van der Waals surface area contributed by atoms with Crippen molar-refractivity contribution in [1.82, 2.24) is 0 Å². The van der Waals surface area contributed by atoms with Gasteiger partial charge in [-0.15, -0.1) is 5.11 Å². The molecule has 23 nitrogen and oxygen atoms in total. The first-order valence-electron chi connectivity index (χ1n) is 13.6. The largest absolute Gasteiger partial charge is 0.397 e. The molecule has 0 aliphatic carbocycles. The van der Waals surface area contributed by atoms with Crippen LogP contribution in [0.15, 0.2) is 89.7 Å². The lowest BCUT2D eigenvalue weighted by Gasteiger charge is -2.10. The smallest absolute Gasteiger partial charge is 0.397 e. The van der Waals surface area contributed by atoms with Gasteiger partial charge >= 0.3 is 26.8 Å². The molecule has 3 rings (SSSR count). The third kappa shape index (κ3) is 12.9. The van der Waals surface area contributed by atoms with Gasteiger partial charge in [0, 0.05) is 0 Å². The monoisotopic (exact) mass is 829 g/mol. The van der Waals surface area contributed by atoms with Gasteiger partial charge in [0.2, 0.25) is 0 Å². The second-order valence-corrected chi connectivity index (χ2v) is 17.7. The molecule has 0 atom stereocenters. The van der Waals surface area contributed by atoms with E-state index in [1.807, 2.05) is 0 Å². The zero-order chi connectivity index (χ0) is 39.1. The number of primary amides is 1. The topological polar surface area (TPSA) is 380 Å². The molecule has 0 radical (unpaired) electrons. The highest BCUT2D eigenvalue weighted by atomic mass is 32.3. The Hall–Kier alpha value is -4.52. The summed E-state index contributed by atoms with van der Waals surface area (Å²) in [6, 6.07) is 8.67. The number of amides is 2. The van der Waals surface area contributed by atoms with Crippen molar-refractivity contribution >= 4 is 85.1 Å². The summed E-state index contributed by atoms with van der Waals surface area (Å²) < 4.78 is 151. The van der Waals surface area contributed by atoms with Gasteiger partial charge in [0.25, 0.3) is 10.1 Å². The minimum absolute atomic E-state index is 0.0781. The fourth-order valence-electron chi connectivity index (χ4n) is 3.88. The molecule has 0 aliphatic heterocycles. The number of azo groups is 2. The fraction of sp³-hybridized carbons (Fsp3) is 0.208. The molecule has 8 N–H and O–H groups in total. The Balaban J connectivity index is 1.84. The molecule has 3 aromatic rings. The summed E-state index contributed by atoms with van der Waals surface area (Å²) in [7, 11) is -23.3. The van der Waals surface area contributed by atoms with E-state index in [0.29, 0.717) is 6.07 Å². The van der Waals surface area contributed by atoms with Crippen molar-refractivity contribution in [2.75, 3.05) is 35.8 Å². The van der Waals surface area contributed by atoms with Gasteiger partial charge in [-0.3, -0.25) is 13.7 Å². The van der Waals surface area contributed by atoms with Crippen molar-refractivity contribution in [3.63, 3.8) is 0 Å². The summed E-state index contributed by atoms with van der Waals surface area (Å²) in [6.07, 6.45) is 0.